The summed E-state index contributed by atoms with van der Waals surface area (Å²) in [6.45, 7) is 6.12. The van der Waals surface area contributed by atoms with E-state index in [4.69, 9.17) is 9.47 Å². The van der Waals surface area contributed by atoms with Gasteiger partial charge in [-0.05, 0) is 67.0 Å². The number of hydrogen-bond acceptors (Lipinski definition) is 7. The van der Waals surface area contributed by atoms with Gasteiger partial charge in [-0.25, -0.2) is 0 Å². The number of Topliss-reactive ketones (excluding diaryl/α,β-unsaturated/α-hetero) is 1. The Balaban J connectivity index is 1.39. The molecule has 5 rings (SSSR count). The molecule has 9 heteroatoms. The summed E-state index contributed by atoms with van der Waals surface area (Å²) in [5.41, 5.74) is 2.46. The molecular formula is C29H35N3O6. The van der Waals surface area contributed by atoms with Crippen molar-refractivity contribution in [2.45, 2.75) is 51.6 Å². The second-order valence-electron chi connectivity index (χ2n) is 10.8. The van der Waals surface area contributed by atoms with Crippen LogP contribution in [-0.2, 0) is 9.59 Å². The van der Waals surface area contributed by atoms with Gasteiger partial charge in [-0.3, -0.25) is 14.4 Å². The summed E-state index contributed by atoms with van der Waals surface area (Å²) in [5, 5.41) is 16.2. The minimum Gasteiger partial charge on any atom is -0.454 e. The molecule has 0 spiro atoms. The second-order valence-corrected chi connectivity index (χ2v) is 10.8. The smallest absolute Gasteiger partial charge is 0.251 e. The first kappa shape index (κ1) is 26.2. The Kier molecular flexibility index (Phi) is 7.40. The normalized spacial score (nSPS) is 19.8. The second kappa shape index (κ2) is 10.7. The lowest BCUT2D eigenvalue weighted by molar-refractivity contribution is -0.124. The van der Waals surface area contributed by atoms with Crippen LogP contribution < -0.4 is 25.0 Å². The zero-order valence-corrected chi connectivity index (χ0v) is 22.0. The van der Waals surface area contributed by atoms with Crippen molar-refractivity contribution >= 4 is 23.3 Å². The summed E-state index contributed by atoms with van der Waals surface area (Å²) >= 11 is 0. The number of carbonyl (C=O) groups excluding carboxylic acids is 3. The molecule has 2 amide bonds. The van der Waals surface area contributed by atoms with E-state index >= 15 is 0 Å². The number of aliphatic hydroxyl groups excluding tert-OH is 1. The Labute approximate surface area is 222 Å². The number of benzene rings is 2. The van der Waals surface area contributed by atoms with E-state index in [1.165, 1.54) is 4.90 Å². The molecule has 2 aromatic carbocycles. The van der Waals surface area contributed by atoms with E-state index < -0.39 is 6.04 Å². The van der Waals surface area contributed by atoms with Crippen LogP contribution in [0.2, 0.25) is 0 Å². The van der Waals surface area contributed by atoms with Crippen molar-refractivity contribution in [1.29, 1.82) is 0 Å². The summed E-state index contributed by atoms with van der Waals surface area (Å²) < 4.78 is 10.8. The van der Waals surface area contributed by atoms with Crippen LogP contribution in [0.3, 0.4) is 0 Å². The van der Waals surface area contributed by atoms with Crippen LogP contribution in [0.15, 0.2) is 36.4 Å². The minimum atomic E-state index is -0.659. The number of anilines is 1. The van der Waals surface area contributed by atoms with Crippen LogP contribution in [0.5, 0.6) is 11.5 Å². The summed E-state index contributed by atoms with van der Waals surface area (Å²) in [5.74, 6) is 1.05. The lowest BCUT2D eigenvalue weighted by Crippen LogP contribution is -2.48. The maximum absolute atomic E-state index is 13.3. The third-order valence-electron chi connectivity index (χ3n) is 7.84. The number of carbonyl (C=O) groups is 3. The maximum Gasteiger partial charge on any atom is 0.251 e. The van der Waals surface area contributed by atoms with Crippen LogP contribution >= 0.6 is 0 Å². The van der Waals surface area contributed by atoms with Gasteiger partial charge >= 0.3 is 0 Å². The van der Waals surface area contributed by atoms with E-state index in [9.17, 15) is 19.5 Å². The Bertz CT molecular complexity index is 1240. The van der Waals surface area contributed by atoms with Crippen molar-refractivity contribution in [3.05, 3.63) is 53.1 Å². The molecule has 0 bridgehead atoms. The van der Waals surface area contributed by atoms with Gasteiger partial charge in [0.2, 0.25) is 12.7 Å². The molecule has 1 fully saturated rings. The largest absolute Gasteiger partial charge is 0.454 e. The first-order valence-electron chi connectivity index (χ1n) is 13.3. The number of nitrogens with one attached hydrogen (secondary N) is 2. The molecule has 9 nitrogen and oxygen atoms in total. The van der Waals surface area contributed by atoms with Crippen LogP contribution in [0.25, 0.3) is 0 Å². The molecule has 1 saturated carbocycles. The monoisotopic (exact) mass is 521 g/mol. The van der Waals surface area contributed by atoms with Crippen LogP contribution in [-0.4, -0.2) is 55.2 Å². The van der Waals surface area contributed by atoms with E-state index in [-0.39, 0.29) is 56.0 Å². The number of aliphatic hydroxyl groups is 1. The molecule has 202 valence electrons. The van der Waals surface area contributed by atoms with Crippen molar-refractivity contribution in [2.75, 3.05) is 31.4 Å². The molecule has 0 radical (unpaired) electrons. The minimum absolute atomic E-state index is 0.00622. The average Bonchev–Trinajstić information content (AvgIpc) is 3.64. The number of ether oxygens (including phenoxy) is 2. The Morgan fingerprint density at radius 2 is 1.84 bits per heavy atom. The number of ketones is 1. The highest BCUT2D eigenvalue weighted by atomic mass is 16.7. The zero-order chi connectivity index (χ0) is 27.0. The maximum atomic E-state index is 13.3. The molecule has 2 aliphatic heterocycles. The number of nitrogens with zero attached hydrogens (tertiary/aromatic N) is 1. The van der Waals surface area contributed by atoms with Gasteiger partial charge < -0.3 is 30.1 Å². The fourth-order valence-corrected chi connectivity index (χ4v) is 5.05. The summed E-state index contributed by atoms with van der Waals surface area (Å²) in [6.07, 6.45) is 1.99. The van der Waals surface area contributed by atoms with Gasteiger partial charge in [-0.1, -0.05) is 26.0 Å². The molecule has 3 unspecified atom stereocenters. The zero-order valence-electron chi connectivity index (χ0n) is 22.0. The number of amides is 2. The van der Waals surface area contributed by atoms with Crippen molar-refractivity contribution in [2.24, 2.45) is 11.8 Å². The van der Waals surface area contributed by atoms with Crippen molar-refractivity contribution in [3.63, 3.8) is 0 Å². The predicted molar refractivity (Wildman–Crippen MR) is 141 cm³/mol. The number of rotatable bonds is 9. The molecular weight excluding hydrogens is 486 g/mol. The first-order chi connectivity index (χ1) is 18.3. The van der Waals surface area contributed by atoms with E-state index in [1.54, 1.807) is 30.3 Å². The molecule has 3 aliphatic rings. The number of hydrogen-bond donors (Lipinski definition) is 3. The van der Waals surface area contributed by atoms with Crippen molar-refractivity contribution in [1.82, 2.24) is 10.6 Å². The van der Waals surface area contributed by atoms with E-state index in [0.717, 1.165) is 18.4 Å². The predicted octanol–water partition coefficient (Wildman–Crippen LogP) is 2.92. The van der Waals surface area contributed by atoms with Crippen LogP contribution in [0.4, 0.5) is 5.69 Å². The summed E-state index contributed by atoms with van der Waals surface area (Å²) in [7, 11) is 0. The van der Waals surface area contributed by atoms with E-state index in [2.05, 4.69) is 24.5 Å². The Hall–Kier alpha value is -3.43. The topological polar surface area (TPSA) is 117 Å². The van der Waals surface area contributed by atoms with Gasteiger partial charge in [0.1, 0.15) is 0 Å². The van der Waals surface area contributed by atoms with Crippen molar-refractivity contribution < 1.29 is 29.0 Å². The summed E-state index contributed by atoms with van der Waals surface area (Å²) in [4.78, 5) is 41.2. The van der Waals surface area contributed by atoms with Gasteiger partial charge in [0, 0.05) is 23.2 Å². The SMILES string of the molecule is CC(C)C(C)NCC(=O)N1CC(=O)C(C2CC2)c2ccc(C(=O)NC(CO)c3ccc4c(c3)OCO4)cc21. The van der Waals surface area contributed by atoms with Gasteiger partial charge in [0.05, 0.1) is 25.7 Å². The van der Waals surface area contributed by atoms with Gasteiger partial charge in [-0.2, -0.15) is 0 Å². The molecule has 38 heavy (non-hydrogen) atoms. The highest BCUT2D eigenvalue weighted by molar-refractivity contribution is 6.07. The molecule has 2 heterocycles. The Morgan fingerprint density at radius 3 is 2.55 bits per heavy atom. The first-order valence-corrected chi connectivity index (χ1v) is 13.3. The molecule has 0 saturated heterocycles. The van der Waals surface area contributed by atoms with Gasteiger partial charge in [0.15, 0.2) is 17.3 Å². The highest BCUT2D eigenvalue weighted by Crippen LogP contribution is 2.48. The highest BCUT2D eigenvalue weighted by Gasteiger charge is 2.43. The molecule has 3 atom stereocenters. The lowest BCUT2D eigenvalue weighted by Gasteiger charge is -2.34. The fourth-order valence-electron chi connectivity index (χ4n) is 5.05. The van der Waals surface area contributed by atoms with Crippen LogP contribution in [0, 0.1) is 11.8 Å². The quantitative estimate of drug-likeness (QED) is 0.465. The third kappa shape index (κ3) is 5.26. The van der Waals surface area contributed by atoms with E-state index in [0.29, 0.717) is 40.1 Å². The van der Waals surface area contributed by atoms with E-state index in [1.807, 2.05) is 13.0 Å². The van der Waals surface area contributed by atoms with Gasteiger partial charge in [0.25, 0.3) is 5.91 Å². The van der Waals surface area contributed by atoms with Gasteiger partial charge in [-0.15, -0.1) is 0 Å². The molecule has 1 aliphatic carbocycles. The molecule has 3 N–H and O–H groups in total. The standard InChI is InChI=1S/C29H35N3O6/c1-16(2)17(3)30-12-27(35)32-13-24(34)28(18-4-5-18)21-8-6-20(10-23(21)32)29(36)31-22(14-33)19-7-9-25-26(11-19)38-15-37-25/h6-11,16-18,22,28,30,33H,4-5,12-15H2,1-3H3,(H,31,36). The molecule has 2 aromatic rings. The summed E-state index contributed by atoms with van der Waals surface area (Å²) in [6, 6.07) is 9.95. The van der Waals surface area contributed by atoms with Crippen LogP contribution in [0.1, 0.15) is 67.1 Å². The average molecular weight is 522 g/mol. The Morgan fingerprint density at radius 1 is 1.08 bits per heavy atom. The number of fused-ring (bicyclic) bond motifs is 2. The lowest BCUT2D eigenvalue weighted by atomic mass is 9.84. The molecule has 0 aromatic heterocycles. The fraction of sp³-hybridized carbons (Fsp3) is 0.483. The van der Waals surface area contributed by atoms with Crippen molar-refractivity contribution in [3.8, 4) is 11.5 Å². The third-order valence-corrected chi connectivity index (χ3v) is 7.84.